The minimum absolute atomic E-state index is 0.156. The quantitative estimate of drug-likeness (QED) is 0.685. The summed E-state index contributed by atoms with van der Waals surface area (Å²) in [6, 6.07) is 16.0. The zero-order valence-corrected chi connectivity index (χ0v) is 13.4. The Kier molecular flexibility index (Phi) is 4.42. The Balaban J connectivity index is 1.94. The molecular weight excluding hydrogens is 335 g/mol. The van der Waals surface area contributed by atoms with Crippen molar-refractivity contribution in [3.05, 3.63) is 75.8 Å². The Morgan fingerprint density at radius 3 is 2.52 bits per heavy atom. The molecule has 1 N–H and O–H groups in total. The number of carbonyl (C=O) groups is 1. The molecule has 0 heterocycles. The van der Waals surface area contributed by atoms with Gasteiger partial charge in [-0.2, -0.15) is 0 Å². The molecule has 0 aliphatic carbocycles. The lowest BCUT2D eigenvalue weighted by Gasteiger charge is -2.12. The summed E-state index contributed by atoms with van der Waals surface area (Å²) in [5.74, 6) is -0.701. The number of hydrogen-bond acceptors (Lipinski definition) is 2. The predicted octanol–water partition coefficient (Wildman–Crippen LogP) is 5.42. The van der Waals surface area contributed by atoms with Crippen molar-refractivity contribution in [3.8, 4) is 5.75 Å². The van der Waals surface area contributed by atoms with E-state index in [9.17, 15) is 9.90 Å². The Morgan fingerprint density at radius 2 is 1.78 bits per heavy atom. The summed E-state index contributed by atoms with van der Waals surface area (Å²) >= 11 is 11.9. The Morgan fingerprint density at radius 1 is 1.00 bits per heavy atom. The van der Waals surface area contributed by atoms with Gasteiger partial charge in [0.15, 0.2) is 0 Å². The van der Waals surface area contributed by atoms with Gasteiger partial charge in [0.05, 0.1) is 10.0 Å². The molecule has 0 unspecified atom stereocenters. The smallest absolute Gasteiger partial charge is 0.340 e. The molecule has 0 aliphatic rings. The molecule has 0 aliphatic heterocycles. The van der Waals surface area contributed by atoms with Crippen LogP contribution in [-0.2, 0) is 6.61 Å². The molecule has 0 atom stereocenters. The first-order valence-electron chi connectivity index (χ1n) is 6.88. The maximum absolute atomic E-state index is 11.6. The number of rotatable bonds is 4. The number of carboxylic acid groups (broad SMARTS) is 1. The molecule has 0 bridgehead atoms. The molecule has 0 amide bonds. The van der Waals surface area contributed by atoms with E-state index in [1.54, 1.807) is 36.4 Å². The second kappa shape index (κ2) is 6.49. The largest absolute Gasteiger partial charge is 0.488 e. The number of fused-ring (bicyclic) bond motifs is 1. The van der Waals surface area contributed by atoms with Crippen LogP contribution in [0.4, 0.5) is 0 Å². The highest BCUT2D eigenvalue weighted by molar-refractivity contribution is 6.42. The topological polar surface area (TPSA) is 46.5 Å². The van der Waals surface area contributed by atoms with Gasteiger partial charge in [-0.15, -0.1) is 0 Å². The summed E-state index contributed by atoms with van der Waals surface area (Å²) in [5, 5.41) is 11.9. The van der Waals surface area contributed by atoms with Crippen molar-refractivity contribution in [2.24, 2.45) is 0 Å². The van der Waals surface area contributed by atoms with E-state index in [2.05, 4.69) is 0 Å². The van der Waals surface area contributed by atoms with Crippen LogP contribution < -0.4 is 4.74 Å². The van der Waals surface area contributed by atoms with Gasteiger partial charge < -0.3 is 9.84 Å². The fourth-order valence-corrected chi connectivity index (χ4v) is 2.70. The minimum Gasteiger partial charge on any atom is -0.488 e. The maximum Gasteiger partial charge on any atom is 0.340 e. The SMILES string of the molecule is O=C(O)c1c(OCc2ccc(Cl)c(Cl)c2)ccc2ccccc12. The molecule has 0 saturated heterocycles. The van der Waals surface area contributed by atoms with Crippen LogP contribution in [0.3, 0.4) is 0 Å². The van der Waals surface area contributed by atoms with Crippen LogP contribution in [0, 0.1) is 0 Å². The summed E-state index contributed by atoms with van der Waals surface area (Å²) in [7, 11) is 0. The summed E-state index contributed by atoms with van der Waals surface area (Å²) in [4.78, 5) is 11.6. The molecule has 23 heavy (non-hydrogen) atoms. The first kappa shape index (κ1) is 15.7. The van der Waals surface area contributed by atoms with Gasteiger partial charge in [0.2, 0.25) is 0 Å². The number of benzene rings is 3. The van der Waals surface area contributed by atoms with Gasteiger partial charge in [0, 0.05) is 0 Å². The predicted molar refractivity (Wildman–Crippen MR) is 91.7 cm³/mol. The molecule has 3 rings (SSSR count). The minimum atomic E-state index is -1.02. The molecule has 5 heteroatoms. The van der Waals surface area contributed by atoms with Crippen LogP contribution in [0.1, 0.15) is 15.9 Å². The van der Waals surface area contributed by atoms with Crippen LogP contribution in [-0.4, -0.2) is 11.1 Å². The average molecular weight is 347 g/mol. The molecule has 3 aromatic rings. The Labute approximate surface area is 143 Å². The van der Waals surface area contributed by atoms with Gasteiger partial charge in [0.1, 0.15) is 17.9 Å². The highest BCUT2D eigenvalue weighted by atomic mass is 35.5. The lowest BCUT2D eigenvalue weighted by Crippen LogP contribution is -2.04. The fourth-order valence-electron chi connectivity index (χ4n) is 2.38. The zero-order chi connectivity index (χ0) is 16.4. The molecule has 3 aromatic carbocycles. The van der Waals surface area contributed by atoms with E-state index in [-0.39, 0.29) is 12.2 Å². The molecule has 0 radical (unpaired) electrons. The van der Waals surface area contributed by atoms with Crippen molar-refractivity contribution in [1.82, 2.24) is 0 Å². The maximum atomic E-state index is 11.6. The molecule has 116 valence electrons. The van der Waals surface area contributed by atoms with E-state index in [1.165, 1.54) is 0 Å². The molecule has 0 saturated carbocycles. The Hall–Kier alpha value is -2.23. The highest BCUT2D eigenvalue weighted by Crippen LogP contribution is 2.29. The van der Waals surface area contributed by atoms with E-state index < -0.39 is 5.97 Å². The number of halogens is 2. The number of ether oxygens (including phenoxy) is 1. The van der Waals surface area contributed by atoms with Crippen LogP contribution in [0.2, 0.25) is 10.0 Å². The molecule has 0 fully saturated rings. The molecule has 3 nitrogen and oxygen atoms in total. The van der Waals surface area contributed by atoms with E-state index >= 15 is 0 Å². The van der Waals surface area contributed by atoms with Crippen molar-refractivity contribution in [2.45, 2.75) is 6.61 Å². The van der Waals surface area contributed by atoms with Gasteiger partial charge in [-0.3, -0.25) is 0 Å². The highest BCUT2D eigenvalue weighted by Gasteiger charge is 2.15. The van der Waals surface area contributed by atoms with Gasteiger partial charge >= 0.3 is 5.97 Å². The third-order valence-corrected chi connectivity index (χ3v) is 4.22. The standard InChI is InChI=1S/C18H12Cl2O3/c19-14-7-5-11(9-15(14)20)10-23-16-8-6-12-3-1-2-4-13(12)17(16)18(21)22/h1-9H,10H2,(H,21,22). The zero-order valence-electron chi connectivity index (χ0n) is 11.9. The monoisotopic (exact) mass is 346 g/mol. The number of hydrogen-bond donors (Lipinski definition) is 1. The first-order chi connectivity index (χ1) is 11.1. The second-order valence-corrected chi connectivity index (χ2v) is 5.82. The second-order valence-electron chi connectivity index (χ2n) is 5.00. The van der Waals surface area contributed by atoms with Crippen LogP contribution >= 0.6 is 23.2 Å². The average Bonchev–Trinajstić information content (AvgIpc) is 2.55. The third-order valence-electron chi connectivity index (χ3n) is 3.48. The van der Waals surface area contributed by atoms with Gasteiger partial charge in [-0.05, 0) is 34.5 Å². The van der Waals surface area contributed by atoms with E-state index in [4.69, 9.17) is 27.9 Å². The number of carboxylic acids is 1. The van der Waals surface area contributed by atoms with Crippen molar-refractivity contribution in [3.63, 3.8) is 0 Å². The van der Waals surface area contributed by atoms with Gasteiger partial charge in [0.25, 0.3) is 0 Å². The van der Waals surface area contributed by atoms with Crippen molar-refractivity contribution in [1.29, 1.82) is 0 Å². The van der Waals surface area contributed by atoms with E-state index in [0.717, 1.165) is 10.9 Å². The normalized spacial score (nSPS) is 10.7. The molecule has 0 spiro atoms. The van der Waals surface area contributed by atoms with E-state index in [1.807, 2.05) is 18.2 Å². The van der Waals surface area contributed by atoms with Gasteiger partial charge in [-0.1, -0.05) is 59.6 Å². The van der Waals surface area contributed by atoms with Crippen molar-refractivity contribution < 1.29 is 14.6 Å². The summed E-state index contributed by atoms with van der Waals surface area (Å²) in [6.45, 7) is 0.204. The lowest BCUT2D eigenvalue weighted by atomic mass is 10.0. The summed E-state index contributed by atoms with van der Waals surface area (Å²) < 4.78 is 5.70. The van der Waals surface area contributed by atoms with Crippen LogP contribution in [0.25, 0.3) is 10.8 Å². The van der Waals surface area contributed by atoms with Crippen LogP contribution in [0.5, 0.6) is 5.75 Å². The van der Waals surface area contributed by atoms with Crippen molar-refractivity contribution >= 4 is 39.9 Å². The first-order valence-corrected chi connectivity index (χ1v) is 7.63. The fraction of sp³-hybridized carbons (Fsp3) is 0.0556. The summed E-state index contributed by atoms with van der Waals surface area (Å²) in [5.41, 5.74) is 0.965. The summed E-state index contributed by atoms with van der Waals surface area (Å²) in [6.07, 6.45) is 0. The number of aromatic carboxylic acids is 1. The third kappa shape index (κ3) is 3.26. The van der Waals surface area contributed by atoms with E-state index in [0.29, 0.717) is 21.2 Å². The molecular formula is C18H12Cl2O3. The van der Waals surface area contributed by atoms with Gasteiger partial charge in [-0.25, -0.2) is 4.79 Å². The van der Waals surface area contributed by atoms with Crippen molar-refractivity contribution in [2.75, 3.05) is 0 Å². The Bertz CT molecular complexity index is 891. The van der Waals surface area contributed by atoms with Crippen LogP contribution in [0.15, 0.2) is 54.6 Å². The lowest BCUT2D eigenvalue weighted by molar-refractivity contribution is 0.0694. The molecule has 0 aromatic heterocycles.